The Bertz CT molecular complexity index is 235. The molecule has 0 amide bonds. The summed E-state index contributed by atoms with van der Waals surface area (Å²) in [6.07, 6.45) is 3.69. The van der Waals surface area contributed by atoms with E-state index in [0.29, 0.717) is 5.56 Å². The predicted molar refractivity (Wildman–Crippen MR) is 32.3 cm³/mol. The molecule has 0 aliphatic carbocycles. The number of nitrogens with zero attached hydrogens (tertiary/aromatic N) is 2. The average Bonchev–Trinajstić information content (AvgIpc) is 1.90. The van der Waals surface area contributed by atoms with E-state index in [1.54, 1.807) is 12.1 Å². The lowest BCUT2D eigenvalue weighted by atomic mass is 10.3. The first kappa shape index (κ1) is 9.37. The van der Waals surface area contributed by atoms with Crippen molar-refractivity contribution < 1.29 is 28.5 Å². The molecule has 52 valence electrons. The zero-order valence-corrected chi connectivity index (χ0v) is 7.74. The molecule has 1 aromatic heterocycles. The quantitative estimate of drug-likeness (QED) is 0.364. The third-order valence-electron chi connectivity index (χ3n) is 1.11. The van der Waals surface area contributed by atoms with Crippen molar-refractivity contribution in [3.8, 4) is 6.07 Å². The first-order chi connectivity index (χ1) is 4.33. The fourth-order valence-electron chi connectivity index (χ4n) is 0.576. The number of nitriles is 1. The molecule has 0 aliphatic heterocycles. The van der Waals surface area contributed by atoms with Crippen LogP contribution in [0.15, 0.2) is 24.5 Å². The van der Waals surface area contributed by atoms with E-state index < -0.39 is 0 Å². The zero-order chi connectivity index (χ0) is 6.69. The average molecular weight is 246 g/mol. The van der Waals surface area contributed by atoms with E-state index >= 15 is 0 Å². The minimum absolute atomic E-state index is 0. The minimum atomic E-state index is 0. The van der Waals surface area contributed by atoms with E-state index in [9.17, 15) is 0 Å². The Balaban J connectivity index is 0.000000810. The Labute approximate surface area is 77.1 Å². The summed E-state index contributed by atoms with van der Waals surface area (Å²) in [5.74, 6) is 0. The monoisotopic (exact) mass is 246 g/mol. The molecular weight excluding hydrogens is 239 g/mol. The molecule has 1 aromatic rings. The molecule has 1 heterocycles. The molecule has 3 heteroatoms. The second-order valence-electron chi connectivity index (χ2n) is 1.86. The van der Waals surface area contributed by atoms with Gasteiger partial charge in [-0.05, 0) is 0 Å². The molecule has 2 nitrogen and oxygen atoms in total. The summed E-state index contributed by atoms with van der Waals surface area (Å²) < 4.78 is 1.89. The van der Waals surface area contributed by atoms with E-state index in [1.807, 2.05) is 30.1 Å². The Morgan fingerprint density at radius 1 is 1.40 bits per heavy atom. The summed E-state index contributed by atoms with van der Waals surface area (Å²) in [5.41, 5.74) is 0.702. The highest BCUT2D eigenvalue weighted by Gasteiger charge is 1.90. The van der Waals surface area contributed by atoms with E-state index in [1.165, 1.54) is 0 Å². The molecule has 0 saturated heterocycles. The third-order valence-corrected chi connectivity index (χ3v) is 1.11. The number of rotatable bonds is 0. The summed E-state index contributed by atoms with van der Waals surface area (Å²) in [6, 6.07) is 5.60. The zero-order valence-electron chi connectivity index (χ0n) is 5.58. The van der Waals surface area contributed by atoms with Crippen molar-refractivity contribution in [1.82, 2.24) is 0 Å². The fraction of sp³-hybridized carbons (Fsp3) is 0.143. The van der Waals surface area contributed by atoms with Gasteiger partial charge in [0.05, 0.1) is 11.6 Å². The van der Waals surface area contributed by atoms with Gasteiger partial charge in [-0.15, -0.1) is 0 Å². The molecule has 0 atom stereocenters. The van der Waals surface area contributed by atoms with Crippen LogP contribution < -0.4 is 28.5 Å². The standard InChI is InChI=1S/C7H7N2.HI/c1-9-4-2-7(6-8)3-5-9;/h2-5H,1H3;1H/q+1;/p-1. The van der Waals surface area contributed by atoms with Gasteiger partial charge in [0.1, 0.15) is 7.05 Å². The maximum atomic E-state index is 8.37. The Hall–Kier alpha value is -0.630. The van der Waals surface area contributed by atoms with Crippen molar-refractivity contribution in [1.29, 1.82) is 5.26 Å². The van der Waals surface area contributed by atoms with Crippen LogP contribution in [0.5, 0.6) is 0 Å². The summed E-state index contributed by atoms with van der Waals surface area (Å²) in [6.45, 7) is 0. The van der Waals surface area contributed by atoms with Crippen molar-refractivity contribution in [3.05, 3.63) is 30.1 Å². The van der Waals surface area contributed by atoms with Crippen molar-refractivity contribution in [2.24, 2.45) is 7.05 Å². The van der Waals surface area contributed by atoms with Crippen LogP contribution in [0.25, 0.3) is 0 Å². The van der Waals surface area contributed by atoms with Crippen LogP contribution in [0.4, 0.5) is 0 Å². The van der Waals surface area contributed by atoms with Crippen LogP contribution in [0.2, 0.25) is 0 Å². The highest BCUT2D eigenvalue weighted by Crippen LogP contribution is 1.88. The van der Waals surface area contributed by atoms with Crippen LogP contribution in [0, 0.1) is 11.3 Å². The first-order valence-corrected chi connectivity index (χ1v) is 2.68. The van der Waals surface area contributed by atoms with Gasteiger partial charge in [0.25, 0.3) is 0 Å². The van der Waals surface area contributed by atoms with Gasteiger partial charge in [-0.25, -0.2) is 4.57 Å². The van der Waals surface area contributed by atoms with Crippen molar-refractivity contribution in [2.45, 2.75) is 0 Å². The number of halogens is 1. The SMILES string of the molecule is C[n+]1ccc(C#N)cc1.[I-]. The molecule has 0 aromatic carbocycles. The summed E-state index contributed by atoms with van der Waals surface area (Å²) in [7, 11) is 1.92. The lowest BCUT2D eigenvalue weighted by Crippen LogP contribution is -3.00. The molecule has 0 fully saturated rings. The lowest BCUT2D eigenvalue weighted by Gasteiger charge is -1.83. The van der Waals surface area contributed by atoms with Gasteiger partial charge in [0.15, 0.2) is 12.4 Å². The van der Waals surface area contributed by atoms with Crippen LogP contribution in [-0.4, -0.2) is 0 Å². The number of hydrogen-bond donors (Lipinski definition) is 0. The predicted octanol–water partition coefficient (Wildman–Crippen LogP) is -2.61. The van der Waals surface area contributed by atoms with Crippen molar-refractivity contribution >= 4 is 0 Å². The largest absolute Gasteiger partial charge is 1.00 e. The van der Waals surface area contributed by atoms with Crippen molar-refractivity contribution in [2.75, 3.05) is 0 Å². The number of aryl methyl sites for hydroxylation is 1. The second-order valence-corrected chi connectivity index (χ2v) is 1.86. The maximum absolute atomic E-state index is 8.37. The van der Waals surface area contributed by atoms with Gasteiger partial charge in [-0.1, -0.05) is 0 Å². The van der Waals surface area contributed by atoms with Crippen LogP contribution in [0.1, 0.15) is 5.56 Å². The number of aromatic nitrogens is 1. The van der Waals surface area contributed by atoms with E-state index in [4.69, 9.17) is 5.26 Å². The highest BCUT2D eigenvalue weighted by molar-refractivity contribution is 5.23. The van der Waals surface area contributed by atoms with Crippen LogP contribution in [-0.2, 0) is 7.05 Å². The molecule has 0 radical (unpaired) electrons. The van der Waals surface area contributed by atoms with Crippen LogP contribution >= 0.6 is 0 Å². The molecule has 0 saturated carbocycles. The van der Waals surface area contributed by atoms with Gasteiger partial charge in [-0.2, -0.15) is 5.26 Å². The van der Waals surface area contributed by atoms with Gasteiger partial charge in [-0.3, -0.25) is 0 Å². The topological polar surface area (TPSA) is 27.7 Å². The molecule has 0 spiro atoms. The normalized spacial score (nSPS) is 7.60. The van der Waals surface area contributed by atoms with E-state index in [-0.39, 0.29) is 24.0 Å². The summed E-state index contributed by atoms with van der Waals surface area (Å²) in [5, 5.41) is 8.37. The fourth-order valence-corrected chi connectivity index (χ4v) is 0.576. The van der Waals surface area contributed by atoms with Gasteiger partial charge >= 0.3 is 0 Å². The number of pyridine rings is 1. The smallest absolute Gasteiger partial charge is 0.169 e. The molecule has 10 heavy (non-hydrogen) atoms. The first-order valence-electron chi connectivity index (χ1n) is 2.68. The van der Waals surface area contributed by atoms with Gasteiger partial charge in [0.2, 0.25) is 0 Å². The summed E-state index contributed by atoms with van der Waals surface area (Å²) >= 11 is 0. The van der Waals surface area contributed by atoms with E-state index in [0.717, 1.165) is 0 Å². The molecule has 0 N–H and O–H groups in total. The molecule has 0 unspecified atom stereocenters. The molecular formula is C7H7IN2. The minimum Gasteiger partial charge on any atom is -1.00 e. The van der Waals surface area contributed by atoms with Gasteiger partial charge in [0, 0.05) is 12.1 Å². The van der Waals surface area contributed by atoms with E-state index in [2.05, 4.69) is 0 Å². The second kappa shape index (κ2) is 4.23. The summed E-state index contributed by atoms with van der Waals surface area (Å²) in [4.78, 5) is 0. The van der Waals surface area contributed by atoms with Crippen LogP contribution in [0.3, 0.4) is 0 Å². The molecule has 1 rings (SSSR count). The van der Waals surface area contributed by atoms with Crippen molar-refractivity contribution in [3.63, 3.8) is 0 Å². The number of hydrogen-bond acceptors (Lipinski definition) is 1. The maximum Gasteiger partial charge on any atom is 0.169 e. The van der Waals surface area contributed by atoms with Gasteiger partial charge < -0.3 is 24.0 Å². The Morgan fingerprint density at radius 3 is 2.30 bits per heavy atom. The lowest BCUT2D eigenvalue weighted by molar-refractivity contribution is -0.671. The highest BCUT2D eigenvalue weighted by atomic mass is 127. The molecule has 0 bridgehead atoms. The Morgan fingerprint density at radius 2 is 1.90 bits per heavy atom. The molecule has 0 aliphatic rings. The third kappa shape index (κ3) is 2.31. The Kier molecular flexibility index (Phi) is 3.96.